The summed E-state index contributed by atoms with van der Waals surface area (Å²) in [5.41, 5.74) is 2.05. The van der Waals surface area contributed by atoms with Gasteiger partial charge in [-0.3, -0.25) is 9.69 Å². The van der Waals surface area contributed by atoms with Crippen molar-refractivity contribution in [1.29, 1.82) is 0 Å². The zero-order valence-electron chi connectivity index (χ0n) is 12.7. The van der Waals surface area contributed by atoms with Gasteiger partial charge in [-0.1, -0.05) is 38.1 Å². The molecule has 1 aromatic carbocycles. The van der Waals surface area contributed by atoms with Crippen LogP contribution in [0.2, 0.25) is 0 Å². The molecule has 0 aromatic heterocycles. The Morgan fingerprint density at radius 2 is 1.90 bits per heavy atom. The van der Waals surface area contributed by atoms with Crippen molar-refractivity contribution in [2.24, 2.45) is 5.92 Å². The van der Waals surface area contributed by atoms with Crippen molar-refractivity contribution in [1.82, 2.24) is 4.90 Å². The molecule has 3 heteroatoms. The van der Waals surface area contributed by atoms with Crippen LogP contribution in [0, 0.1) is 5.92 Å². The lowest BCUT2D eigenvalue weighted by Gasteiger charge is -2.34. The number of aliphatic hydroxyl groups excluding tert-OH is 1. The maximum atomic E-state index is 12.2. The Labute approximate surface area is 121 Å². The number of rotatable bonds is 6. The molecule has 1 N–H and O–H groups in total. The van der Waals surface area contributed by atoms with E-state index in [1.807, 2.05) is 31.3 Å². The van der Waals surface area contributed by atoms with Gasteiger partial charge < -0.3 is 5.11 Å². The predicted octanol–water partition coefficient (Wildman–Crippen LogP) is 2.70. The van der Waals surface area contributed by atoms with E-state index in [0.29, 0.717) is 18.4 Å². The molecule has 3 nitrogen and oxygen atoms in total. The molecule has 110 valence electrons. The number of hydrogen-bond donors (Lipinski definition) is 1. The SMILES string of the molecule is CC(C)c1ccc(C(=O)CN(C)CC2CC(O)C2)cc1. The number of ketones is 1. The van der Waals surface area contributed by atoms with E-state index < -0.39 is 0 Å². The van der Waals surface area contributed by atoms with Crippen LogP contribution >= 0.6 is 0 Å². The zero-order valence-corrected chi connectivity index (χ0v) is 12.7. The van der Waals surface area contributed by atoms with Crippen LogP contribution in [0.3, 0.4) is 0 Å². The van der Waals surface area contributed by atoms with E-state index in [0.717, 1.165) is 24.9 Å². The molecule has 0 atom stereocenters. The first-order chi connectivity index (χ1) is 9.45. The highest BCUT2D eigenvalue weighted by atomic mass is 16.3. The molecule has 0 heterocycles. The van der Waals surface area contributed by atoms with Gasteiger partial charge in [0.1, 0.15) is 0 Å². The number of nitrogens with zero attached hydrogens (tertiary/aromatic N) is 1. The van der Waals surface area contributed by atoms with Gasteiger partial charge >= 0.3 is 0 Å². The number of Topliss-reactive ketones (excluding diaryl/α,β-unsaturated/α-hetero) is 1. The summed E-state index contributed by atoms with van der Waals surface area (Å²) in [5, 5.41) is 9.28. The highest BCUT2D eigenvalue weighted by Gasteiger charge is 2.28. The summed E-state index contributed by atoms with van der Waals surface area (Å²) in [5.74, 6) is 1.21. The van der Waals surface area contributed by atoms with Gasteiger partial charge in [-0.15, -0.1) is 0 Å². The van der Waals surface area contributed by atoms with Crippen LogP contribution < -0.4 is 0 Å². The molecule has 0 radical (unpaired) electrons. The van der Waals surface area contributed by atoms with Crippen molar-refractivity contribution < 1.29 is 9.90 Å². The van der Waals surface area contributed by atoms with Crippen molar-refractivity contribution in [2.75, 3.05) is 20.1 Å². The highest BCUT2D eigenvalue weighted by molar-refractivity contribution is 5.97. The smallest absolute Gasteiger partial charge is 0.176 e. The summed E-state index contributed by atoms with van der Waals surface area (Å²) >= 11 is 0. The molecule has 0 bridgehead atoms. The third kappa shape index (κ3) is 3.90. The molecule has 1 saturated carbocycles. The van der Waals surface area contributed by atoms with Gasteiger partial charge in [0.2, 0.25) is 0 Å². The van der Waals surface area contributed by atoms with Gasteiger partial charge in [0.05, 0.1) is 12.6 Å². The Hall–Kier alpha value is -1.19. The summed E-state index contributed by atoms with van der Waals surface area (Å²) in [6.45, 7) is 5.65. The van der Waals surface area contributed by atoms with Gasteiger partial charge in [0.25, 0.3) is 0 Å². The quantitative estimate of drug-likeness (QED) is 0.812. The van der Waals surface area contributed by atoms with E-state index in [2.05, 4.69) is 18.7 Å². The second-order valence-electron chi connectivity index (χ2n) is 6.39. The first-order valence-corrected chi connectivity index (χ1v) is 7.45. The zero-order chi connectivity index (χ0) is 14.7. The molecule has 2 rings (SSSR count). The van der Waals surface area contributed by atoms with Crippen LogP contribution in [0.5, 0.6) is 0 Å². The maximum Gasteiger partial charge on any atom is 0.176 e. The number of hydrogen-bond acceptors (Lipinski definition) is 3. The summed E-state index contributed by atoms with van der Waals surface area (Å²) in [7, 11) is 1.98. The summed E-state index contributed by atoms with van der Waals surface area (Å²) < 4.78 is 0. The predicted molar refractivity (Wildman–Crippen MR) is 81.1 cm³/mol. The number of aliphatic hydroxyl groups is 1. The van der Waals surface area contributed by atoms with E-state index in [1.165, 1.54) is 5.56 Å². The number of carbonyl (C=O) groups is 1. The number of carbonyl (C=O) groups excluding carboxylic acids is 1. The van der Waals surface area contributed by atoms with Gasteiger partial charge in [-0.05, 0) is 37.3 Å². The minimum atomic E-state index is -0.118. The van der Waals surface area contributed by atoms with E-state index in [-0.39, 0.29) is 11.9 Å². The standard InChI is InChI=1S/C17H25NO2/c1-12(2)14-4-6-15(7-5-14)17(20)11-18(3)10-13-8-16(19)9-13/h4-7,12-13,16,19H,8-11H2,1-3H3. The fourth-order valence-corrected chi connectivity index (χ4v) is 2.75. The van der Waals surface area contributed by atoms with Crippen LogP contribution in [0.25, 0.3) is 0 Å². The number of likely N-dealkylation sites (N-methyl/N-ethyl adjacent to an activating group) is 1. The first kappa shape index (κ1) is 15.2. The molecular formula is C17H25NO2. The van der Waals surface area contributed by atoms with Gasteiger partial charge in [0, 0.05) is 12.1 Å². The lowest BCUT2D eigenvalue weighted by Crippen LogP contribution is -2.38. The van der Waals surface area contributed by atoms with E-state index in [9.17, 15) is 9.90 Å². The maximum absolute atomic E-state index is 12.2. The van der Waals surface area contributed by atoms with Crippen LogP contribution in [-0.2, 0) is 0 Å². The lowest BCUT2D eigenvalue weighted by molar-refractivity contribution is 0.0286. The van der Waals surface area contributed by atoms with Gasteiger partial charge in [-0.25, -0.2) is 0 Å². The van der Waals surface area contributed by atoms with Crippen molar-refractivity contribution in [3.63, 3.8) is 0 Å². The minimum absolute atomic E-state index is 0.118. The highest BCUT2D eigenvalue weighted by Crippen LogP contribution is 2.27. The molecule has 0 aliphatic heterocycles. The van der Waals surface area contributed by atoms with Crippen LogP contribution in [0.4, 0.5) is 0 Å². The van der Waals surface area contributed by atoms with Crippen molar-refractivity contribution >= 4 is 5.78 Å². The van der Waals surface area contributed by atoms with Gasteiger partial charge in [0.15, 0.2) is 5.78 Å². The Morgan fingerprint density at radius 1 is 1.30 bits per heavy atom. The second-order valence-corrected chi connectivity index (χ2v) is 6.39. The van der Waals surface area contributed by atoms with Crippen LogP contribution in [-0.4, -0.2) is 42.0 Å². The fraction of sp³-hybridized carbons (Fsp3) is 0.588. The van der Waals surface area contributed by atoms with Crippen molar-refractivity contribution in [3.05, 3.63) is 35.4 Å². The normalized spacial score (nSPS) is 22.1. The van der Waals surface area contributed by atoms with Crippen LogP contribution in [0.1, 0.15) is 48.5 Å². The molecule has 1 aliphatic rings. The average molecular weight is 275 g/mol. The molecule has 1 aromatic rings. The fourth-order valence-electron chi connectivity index (χ4n) is 2.75. The first-order valence-electron chi connectivity index (χ1n) is 7.45. The summed E-state index contributed by atoms with van der Waals surface area (Å²) in [6.07, 6.45) is 1.64. The Morgan fingerprint density at radius 3 is 2.40 bits per heavy atom. The Kier molecular flexibility index (Phi) is 4.95. The molecular weight excluding hydrogens is 250 g/mol. The monoisotopic (exact) mass is 275 g/mol. The molecule has 20 heavy (non-hydrogen) atoms. The Balaban J connectivity index is 1.84. The van der Waals surface area contributed by atoms with Crippen molar-refractivity contribution in [2.45, 2.75) is 38.7 Å². The van der Waals surface area contributed by atoms with Gasteiger partial charge in [-0.2, -0.15) is 0 Å². The van der Waals surface area contributed by atoms with E-state index >= 15 is 0 Å². The third-order valence-corrected chi connectivity index (χ3v) is 4.09. The number of benzene rings is 1. The minimum Gasteiger partial charge on any atom is -0.393 e. The summed E-state index contributed by atoms with van der Waals surface area (Å²) in [4.78, 5) is 14.3. The van der Waals surface area contributed by atoms with Crippen LogP contribution in [0.15, 0.2) is 24.3 Å². The summed E-state index contributed by atoms with van der Waals surface area (Å²) in [6, 6.07) is 7.94. The van der Waals surface area contributed by atoms with E-state index in [4.69, 9.17) is 0 Å². The topological polar surface area (TPSA) is 40.5 Å². The molecule has 0 spiro atoms. The van der Waals surface area contributed by atoms with E-state index in [1.54, 1.807) is 0 Å². The second kappa shape index (κ2) is 6.51. The molecule has 1 fully saturated rings. The van der Waals surface area contributed by atoms with Crippen molar-refractivity contribution in [3.8, 4) is 0 Å². The average Bonchev–Trinajstić information content (AvgIpc) is 2.37. The molecule has 0 unspecified atom stereocenters. The molecule has 0 amide bonds. The largest absolute Gasteiger partial charge is 0.393 e. The Bertz CT molecular complexity index is 447. The third-order valence-electron chi connectivity index (χ3n) is 4.09. The lowest BCUT2D eigenvalue weighted by atomic mass is 9.82. The molecule has 0 saturated heterocycles. The molecule has 1 aliphatic carbocycles.